The van der Waals surface area contributed by atoms with E-state index in [0.717, 1.165) is 0 Å². The van der Waals surface area contributed by atoms with Crippen molar-refractivity contribution in [2.75, 3.05) is 6.54 Å². The molecule has 2 saturated heterocycles. The molecule has 0 aromatic rings. The zero-order valence-electron chi connectivity index (χ0n) is 7.49. The van der Waals surface area contributed by atoms with Crippen LogP contribution in [0.1, 0.15) is 12.8 Å². The summed E-state index contributed by atoms with van der Waals surface area (Å²) in [5, 5.41) is 0. The van der Waals surface area contributed by atoms with Crippen molar-refractivity contribution in [3.8, 4) is 0 Å². The first kappa shape index (κ1) is 8.93. The third-order valence-corrected chi connectivity index (χ3v) is 2.43. The smallest absolute Gasteiger partial charge is 0.343 e. The summed E-state index contributed by atoms with van der Waals surface area (Å²) < 4.78 is 4.38. The molecule has 5 heteroatoms. The van der Waals surface area contributed by atoms with Crippen LogP contribution in [-0.2, 0) is 19.1 Å². The van der Waals surface area contributed by atoms with Crippen molar-refractivity contribution < 1.29 is 19.1 Å². The second-order valence-electron chi connectivity index (χ2n) is 3.33. The molecular weight excluding hydrogens is 186 g/mol. The average Bonchev–Trinajstić information content (AvgIpc) is 2.60. The number of amides is 1. The highest BCUT2D eigenvalue weighted by Crippen LogP contribution is 2.24. The van der Waals surface area contributed by atoms with Crippen molar-refractivity contribution in [3.63, 3.8) is 0 Å². The Morgan fingerprint density at radius 2 is 2.07 bits per heavy atom. The molecule has 1 unspecified atom stereocenters. The van der Waals surface area contributed by atoms with Gasteiger partial charge in [-0.3, -0.25) is 4.79 Å². The molecule has 1 amide bonds. The summed E-state index contributed by atoms with van der Waals surface area (Å²) >= 11 is 0. The van der Waals surface area contributed by atoms with Crippen LogP contribution in [0.5, 0.6) is 0 Å². The van der Waals surface area contributed by atoms with Crippen LogP contribution in [0.25, 0.3) is 0 Å². The van der Waals surface area contributed by atoms with Crippen LogP contribution in [0.3, 0.4) is 0 Å². The van der Waals surface area contributed by atoms with Gasteiger partial charge in [0.2, 0.25) is 5.91 Å². The molecule has 0 saturated carbocycles. The number of carbonyl (C=O) groups is 3. The summed E-state index contributed by atoms with van der Waals surface area (Å²) in [6.07, 6.45) is 1.13. The number of hydrogen-bond donors (Lipinski definition) is 0. The summed E-state index contributed by atoms with van der Waals surface area (Å²) in [5.41, 5.74) is 0.0604. The zero-order chi connectivity index (χ0) is 10.3. The fourth-order valence-corrected chi connectivity index (χ4v) is 1.72. The van der Waals surface area contributed by atoms with E-state index in [4.69, 9.17) is 0 Å². The molecule has 2 heterocycles. The number of esters is 2. The van der Waals surface area contributed by atoms with E-state index in [1.807, 2.05) is 0 Å². The van der Waals surface area contributed by atoms with Crippen LogP contribution < -0.4 is 0 Å². The van der Waals surface area contributed by atoms with Crippen molar-refractivity contribution in [2.45, 2.75) is 18.9 Å². The van der Waals surface area contributed by atoms with E-state index in [0.29, 0.717) is 19.4 Å². The quantitative estimate of drug-likeness (QED) is 0.325. The Hall–Kier alpha value is -1.65. The van der Waals surface area contributed by atoms with E-state index in [1.54, 1.807) is 0 Å². The fraction of sp³-hybridized carbons (Fsp3) is 0.444. The Kier molecular flexibility index (Phi) is 1.87. The molecule has 0 spiro atoms. The Balaban J connectivity index is 2.25. The largest absolute Gasteiger partial charge is 0.388 e. The molecule has 0 radical (unpaired) electrons. The highest BCUT2D eigenvalue weighted by Gasteiger charge is 2.44. The summed E-state index contributed by atoms with van der Waals surface area (Å²) in [5.74, 6) is -1.53. The minimum atomic E-state index is -0.877. The first-order valence-corrected chi connectivity index (χ1v) is 4.35. The normalized spacial score (nSPS) is 27.4. The van der Waals surface area contributed by atoms with Gasteiger partial charge >= 0.3 is 11.9 Å². The van der Waals surface area contributed by atoms with Crippen molar-refractivity contribution in [1.82, 2.24) is 4.90 Å². The predicted molar refractivity (Wildman–Crippen MR) is 45.0 cm³/mol. The summed E-state index contributed by atoms with van der Waals surface area (Å²) in [6.45, 7) is 3.95. The van der Waals surface area contributed by atoms with E-state index in [1.165, 1.54) is 4.90 Å². The van der Waals surface area contributed by atoms with Crippen LogP contribution >= 0.6 is 0 Å². The molecule has 0 aromatic heterocycles. The van der Waals surface area contributed by atoms with Gasteiger partial charge in [-0.1, -0.05) is 6.58 Å². The lowest BCUT2D eigenvalue weighted by Crippen LogP contribution is -2.40. The fourth-order valence-electron chi connectivity index (χ4n) is 1.72. The summed E-state index contributed by atoms with van der Waals surface area (Å²) in [7, 11) is 0. The van der Waals surface area contributed by atoms with Gasteiger partial charge in [-0.15, -0.1) is 0 Å². The van der Waals surface area contributed by atoms with E-state index >= 15 is 0 Å². The number of rotatable bonds is 1. The van der Waals surface area contributed by atoms with Crippen LogP contribution in [0, 0.1) is 0 Å². The third kappa shape index (κ3) is 1.13. The van der Waals surface area contributed by atoms with Crippen molar-refractivity contribution in [3.05, 3.63) is 12.2 Å². The first-order valence-electron chi connectivity index (χ1n) is 4.35. The van der Waals surface area contributed by atoms with E-state index < -0.39 is 18.0 Å². The summed E-state index contributed by atoms with van der Waals surface area (Å²) in [4.78, 5) is 34.9. The molecule has 0 aliphatic carbocycles. The minimum Gasteiger partial charge on any atom is -0.388 e. The molecule has 0 bridgehead atoms. The lowest BCUT2D eigenvalue weighted by atomic mass is 10.1. The van der Waals surface area contributed by atoms with Gasteiger partial charge in [0.1, 0.15) is 0 Å². The second-order valence-corrected chi connectivity index (χ2v) is 3.33. The maximum Gasteiger partial charge on any atom is 0.343 e. The van der Waals surface area contributed by atoms with Crippen LogP contribution in [-0.4, -0.2) is 35.3 Å². The Bertz CT molecular complexity index is 347. The monoisotopic (exact) mass is 195 g/mol. The van der Waals surface area contributed by atoms with Crippen molar-refractivity contribution in [1.29, 1.82) is 0 Å². The predicted octanol–water partition coefficient (Wildman–Crippen LogP) is -0.383. The molecule has 14 heavy (non-hydrogen) atoms. The number of likely N-dealkylation sites (tertiary alicyclic amines) is 1. The second kappa shape index (κ2) is 2.94. The number of ether oxygens (including phenoxy) is 1. The van der Waals surface area contributed by atoms with Gasteiger partial charge in [0.25, 0.3) is 0 Å². The molecule has 0 N–H and O–H groups in total. The van der Waals surface area contributed by atoms with E-state index in [-0.39, 0.29) is 11.5 Å². The zero-order valence-corrected chi connectivity index (χ0v) is 7.49. The van der Waals surface area contributed by atoms with Gasteiger partial charge in [0, 0.05) is 13.0 Å². The van der Waals surface area contributed by atoms with Gasteiger partial charge in [0.05, 0.1) is 5.57 Å². The van der Waals surface area contributed by atoms with Gasteiger partial charge in [-0.05, 0) is 6.42 Å². The average molecular weight is 195 g/mol. The molecule has 2 rings (SSSR count). The molecular formula is C9H9NO4. The SMILES string of the molecule is C=C1C(=O)OC(=O)C1N1CCCC1=O. The van der Waals surface area contributed by atoms with Crippen LogP contribution in [0.2, 0.25) is 0 Å². The lowest BCUT2D eigenvalue weighted by molar-refractivity contribution is -0.154. The van der Waals surface area contributed by atoms with E-state index in [9.17, 15) is 14.4 Å². The van der Waals surface area contributed by atoms with Gasteiger partial charge < -0.3 is 9.64 Å². The number of cyclic esters (lactones) is 2. The Labute approximate surface area is 80.3 Å². The third-order valence-electron chi connectivity index (χ3n) is 2.43. The highest BCUT2D eigenvalue weighted by molar-refractivity contribution is 6.10. The van der Waals surface area contributed by atoms with Gasteiger partial charge in [-0.25, -0.2) is 9.59 Å². The lowest BCUT2D eigenvalue weighted by Gasteiger charge is -2.19. The van der Waals surface area contributed by atoms with Crippen molar-refractivity contribution >= 4 is 17.8 Å². The Morgan fingerprint density at radius 3 is 2.50 bits per heavy atom. The standard InChI is InChI=1S/C9H9NO4/c1-5-7(9(13)14-8(5)12)10-4-2-3-6(10)11/h7H,1-4H2. The number of carbonyl (C=O) groups excluding carboxylic acids is 3. The van der Waals surface area contributed by atoms with Crippen LogP contribution in [0.15, 0.2) is 12.2 Å². The molecule has 1 atom stereocenters. The van der Waals surface area contributed by atoms with Crippen molar-refractivity contribution in [2.24, 2.45) is 0 Å². The molecule has 74 valence electrons. The maximum absolute atomic E-state index is 11.3. The Morgan fingerprint density at radius 1 is 1.36 bits per heavy atom. The molecule has 0 aromatic carbocycles. The first-order chi connectivity index (χ1) is 6.61. The van der Waals surface area contributed by atoms with E-state index in [2.05, 4.69) is 11.3 Å². The minimum absolute atomic E-state index is 0.0604. The molecule has 2 aliphatic rings. The maximum atomic E-state index is 11.3. The number of nitrogens with zero attached hydrogens (tertiary/aromatic N) is 1. The molecule has 5 nitrogen and oxygen atoms in total. The van der Waals surface area contributed by atoms with Crippen LogP contribution in [0.4, 0.5) is 0 Å². The topological polar surface area (TPSA) is 63.7 Å². The van der Waals surface area contributed by atoms with Gasteiger partial charge in [0.15, 0.2) is 6.04 Å². The number of hydrogen-bond acceptors (Lipinski definition) is 4. The molecule has 2 fully saturated rings. The van der Waals surface area contributed by atoms with Gasteiger partial charge in [-0.2, -0.15) is 0 Å². The highest BCUT2D eigenvalue weighted by atomic mass is 16.6. The summed E-state index contributed by atoms with van der Waals surface area (Å²) in [6, 6.07) is -0.877. The molecule has 2 aliphatic heterocycles.